The van der Waals surface area contributed by atoms with Crippen molar-refractivity contribution < 1.29 is 13.5 Å². The van der Waals surface area contributed by atoms with E-state index in [-0.39, 0.29) is 22.9 Å². The Morgan fingerprint density at radius 2 is 1.90 bits per heavy atom. The summed E-state index contributed by atoms with van der Waals surface area (Å²) in [6.45, 7) is 3.39. The zero-order chi connectivity index (χ0) is 14.9. The van der Waals surface area contributed by atoms with E-state index in [1.807, 2.05) is 0 Å². The van der Waals surface area contributed by atoms with Gasteiger partial charge in [0.1, 0.15) is 17.4 Å². The highest BCUT2D eigenvalue weighted by Gasteiger charge is 2.15. The Labute approximate surface area is 114 Å². The van der Waals surface area contributed by atoms with Gasteiger partial charge in [0.05, 0.1) is 11.3 Å². The molecule has 3 N–H and O–H groups in total. The number of nitrogens with zero attached hydrogens (tertiary/aromatic N) is 1. The quantitative estimate of drug-likeness (QED) is 0.669. The predicted molar refractivity (Wildman–Crippen MR) is 71.2 cm³/mol. The van der Waals surface area contributed by atoms with Crippen LogP contribution in [0.1, 0.15) is 17.0 Å². The molecular formula is C14H13F2N3O. The third-order valence-electron chi connectivity index (χ3n) is 2.67. The van der Waals surface area contributed by atoms with Crippen LogP contribution in [0.2, 0.25) is 0 Å². The average Bonchev–Trinajstić information content (AvgIpc) is 2.32. The van der Waals surface area contributed by atoms with Crippen LogP contribution in [-0.4, -0.2) is 10.8 Å². The third-order valence-corrected chi connectivity index (χ3v) is 2.67. The Balaban J connectivity index is 2.53. The minimum atomic E-state index is -0.701. The van der Waals surface area contributed by atoms with Crippen molar-refractivity contribution in [2.24, 2.45) is 5.73 Å². The number of nitrogen functional groups attached to an aromatic ring is 1. The Kier molecular flexibility index (Phi) is 3.65. The molecule has 2 rings (SSSR count). The Morgan fingerprint density at radius 1 is 1.20 bits per heavy atom. The number of rotatable bonds is 3. The summed E-state index contributed by atoms with van der Waals surface area (Å²) in [5.41, 5.74) is 6.86. The summed E-state index contributed by atoms with van der Waals surface area (Å²) >= 11 is 0. The number of pyridine rings is 1. The van der Waals surface area contributed by atoms with Crippen molar-refractivity contribution in [3.8, 4) is 11.5 Å². The molecule has 0 spiro atoms. The summed E-state index contributed by atoms with van der Waals surface area (Å²) in [4.78, 5) is 4.17. The van der Waals surface area contributed by atoms with Gasteiger partial charge in [-0.2, -0.15) is 0 Å². The van der Waals surface area contributed by atoms with Crippen molar-refractivity contribution in [2.75, 3.05) is 0 Å². The minimum Gasteiger partial charge on any atom is -0.453 e. The number of hydrogen-bond donors (Lipinski definition) is 2. The molecule has 4 nitrogen and oxygen atoms in total. The molecule has 1 heterocycles. The van der Waals surface area contributed by atoms with Crippen LogP contribution in [0.5, 0.6) is 11.5 Å². The molecule has 0 saturated carbocycles. The Morgan fingerprint density at radius 3 is 2.55 bits per heavy atom. The molecule has 0 aliphatic carbocycles. The van der Waals surface area contributed by atoms with Gasteiger partial charge in [-0.15, -0.1) is 0 Å². The second-order valence-electron chi connectivity index (χ2n) is 4.31. The largest absolute Gasteiger partial charge is 0.453 e. The number of halogens is 2. The third kappa shape index (κ3) is 2.74. The molecule has 0 atom stereocenters. The van der Waals surface area contributed by atoms with Crippen LogP contribution in [0.15, 0.2) is 24.3 Å². The van der Waals surface area contributed by atoms with E-state index < -0.39 is 11.6 Å². The number of ether oxygens (including phenoxy) is 1. The van der Waals surface area contributed by atoms with Crippen LogP contribution >= 0.6 is 0 Å². The van der Waals surface area contributed by atoms with Gasteiger partial charge in [-0.3, -0.25) is 10.4 Å². The van der Waals surface area contributed by atoms with Gasteiger partial charge in [-0.25, -0.2) is 8.78 Å². The molecule has 0 unspecified atom stereocenters. The van der Waals surface area contributed by atoms with E-state index in [1.165, 1.54) is 6.07 Å². The molecule has 6 heteroatoms. The monoisotopic (exact) mass is 277 g/mol. The standard InChI is InChI=1S/C14H13F2N3O/c1-7-5-12(13(14(17)18)8(2)19-7)20-11-6-9(15)3-4-10(11)16/h3-6H,1-2H3,(H3,17,18). The first-order valence-electron chi connectivity index (χ1n) is 5.84. The lowest BCUT2D eigenvalue weighted by Crippen LogP contribution is -2.15. The SMILES string of the molecule is Cc1cc(Oc2cc(F)ccc2F)c(C(=N)N)c(C)n1. The van der Waals surface area contributed by atoms with Gasteiger partial charge in [0, 0.05) is 17.8 Å². The van der Waals surface area contributed by atoms with Crippen LogP contribution in [0.3, 0.4) is 0 Å². The topological polar surface area (TPSA) is 72.0 Å². The van der Waals surface area contributed by atoms with Crippen LogP contribution in [0, 0.1) is 30.9 Å². The number of aromatic nitrogens is 1. The first-order valence-corrected chi connectivity index (χ1v) is 5.84. The van der Waals surface area contributed by atoms with E-state index in [0.29, 0.717) is 11.4 Å². The second-order valence-corrected chi connectivity index (χ2v) is 4.31. The molecular weight excluding hydrogens is 264 g/mol. The summed E-state index contributed by atoms with van der Waals surface area (Å²) in [6.07, 6.45) is 0. The minimum absolute atomic E-state index is 0.173. The molecule has 0 aliphatic rings. The van der Waals surface area contributed by atoms with E-state index in [0.717, 1.165) is 18.2 Å². The number of hydrogen-bond acceptors (Lipinski definition) is 3. The first kappa shape index (κ1) is 13.9. The normalized spacial score (nSPS) is 10.4. The highest BCUT2D eigenvalue weighted by molar-refractivity contribution is 5.98. The van der Waals surface area contributed by atoms with Gasteiger partial charge in [0.2, 0.25) is 0 Å². The van der Waals surface area contributed by atoms with Crippen molar-refractivity contribution in [1.82, 2.24) is 4.98 Å². The van der Waals surface area contributed by atoms with E-state index >= 15 is 0 Å². The number of amidine groups is 1. The van der Waals surface area contributed by atoms with Crippen LogP contribution < -0.4 is 10.5 Å². The lowest BCUT2D eigenvalue weighted by Gasteiger charge is -2.13. The predicted octanol–water partition coefficient (Wildman–Crippen LogP) is 3.05. The number of nitrogens with two attached hydrogens (primary N) is 1. The Hall–Kier alpha value is -2.50. The first-order chi connectivity index (χ1) is 9.38. The molecule has 0 amide bonds. The van der Waals surface area contributed by atoms with E-state index in [2.05, 4.69) is 4.98 Å². The molecule has 20 heavy (non-hydrogen) atoms. The van der Waals surface area contributed by atoms with E-state index in [4.69, 9.17) is 15.9 Å². The maximum atomic E-state index is 13.6. The van der Waals surface area contributed by atoms with E-state index in [9.17, 15) is 8.78 Å². The van der Waals surface area contributed by atoms with Gasteiger partial charge in [-0.05, 0) is 26.0 Å². The molecule has 0 fully saturated rings. The summed E-state index contributed by atoms with van der Waals surface area (Å²) < 4.78 is 32.1. The maximum Gasteiger partial charge on any atom is 0.166 e. The summed E-state index contributed by atoms with van der Waals surface area (Å²) in [6, 6.07) is 4.43. The maximum absolute atomic E-state index is 13.6. The molecule has 0 aliphatic heterocycles. The lowest BCUT2D eigenvalue weighted by atomic mass is 10.1. The average molecular weight is 277 g/mol. The van der Waals surface area contributed by atoms with Crippen molar-refractivity contribution in [2.45, 2.75) is 13.8 Å². The van der Waals surface area contributed by atoms with Gasteiger partial charge >= 0.3 is 0 Å². The fraction of sp³-hybridized carbons (Fsp3) is 0.143. The molecule has 1 aromatic heterocycles. The van der Waals surface area contributed by atoms with Crippen LogP contribution in [0.4, 0.5) is 8.78 Å². The second kappa shape index (κ2) is 5.24. The van der Waals surface area contributed by atoms with Crippen LogP contribution in [0.25, 0.3) is 0 Å². The zero-order valence-electron chi connectivity index (χ0n) is 11.0. The van der Waals surface area contributed by atoms with Gasteiger partial charge < -0.3 is 10.5 Å². The van der Waals surface area contributed by atoms with Crippen molar-refractivity contribution in [1.29, 1.82) is 5.41 Å². The summed E-state index contributed by atoms with van der Waals surface area (Å²) in [7, 11) is 0. The van der Waals surface area contributed by atoms with Gasteiger partial charge in [-0.1, -0.05) is 0 Å². The summed E-state index contributed by atoms with van der Waals surface area (Å²) in [5, 5.41) is 7.54. The smallest absolute Gasteiger partial charge is 0.166 e. The fourth-order valence-electron chi connectivity index (χ4n) is 1.87. The number of aryl methyl sites for hydroxylation is 2. The molecule has 0 saturated heterocycles. The van der Waals surface area contributed by atoms with Crippen molar-refractivity contribution >= 4 is 5.84 Å². The van der Waals surface area contributed by atoms with E-state index in [1.54, 1.807) is 13.8 Å². The van der Waals surface area contributed by atoms with Crippen LogP contribution in [-0.2, 0) is 0 Å². The zero-order valence-corrected chi connectivity index (χ0v) is 11.0. The van der Waals surface area contributed by atoms with Crippen molar-refractivity contribution in [3.63, 3.8) is 0 Å². The molecule has 0 bridgehead atoms. The highest BCUT2D eigenvalue weighted by Crippen LogP contribution is 2.29. The van der Waals surface area contributed by atoms with Gasteiger partial charge in [0.25, 0.3) is 0 Å². The van der Waals surface area contributed by atoms with Gasteiger partial charge in [0.15, 0.2) is 11.6 Å². The number of benzene rings is 1. The fourth-order valence-corrected chi connectivity index (χ4v) is 1.87. The summed E-state index contributed by atoms with van der Waals surface area (Å²) in [5.74, 6) is -1.66. The number of nitrogens with one attached hydrogen (secondary N) is 1. The Bertz CT molecular complexity index is 686. The highest BCUT2D eigenvalue weighted by atomic mass is 19.1. The molecule has 104 valence electrons. The molecule has 1 aromatic carbocycles. The van der Waals surface area contributed by atoms with Crippen molar-refractivity contribution in [3.05, 3.63) is 52.9 Å². The molecule has 0 radical (unpaired) electrons. The lowest BCUT2D eigenvalue weighted by molar-refractivity contribution is 0.434. The molecule has 2 aromatic rings.